The van der Waals surface area contributed by atoms with Gasteiger partial charge in [0.1, 0.15) is 6.42 Å². The van der Waals surface area contributed by atoms with Gasteiger partial charge in [-0.2, -0.15) is 0 Å². The summed E-state index contributed by atoms with van der Waals surface area (Å²) in [6.45, 7) is 0.696. The molecule has 0 rings (SSSR count). The van der Waals surface area contributed by atoms with E-state index in [9.17, 15) is 9.59 Å². The van der Waals surface area contributed by atoms with Crippen molar-refractivity contribution in [2.75, 3.05) is 26.4 Å². The van der Waals surface area contributed by atoms with Crippen LogP contribution in [0.3, 0.4) is 0 Å². The van der Waals surface area contributed by atoms with Crippen LogP contribution in [-0.2, 0) is 14.3 Å². The maximum Gasteiger partial charge on any atom is 0.314 e. The average molecular weight is 210 g/mol. The molecule has 0 spiro atoms. The molecule has 0 aliphatic carbocycles. The molecule has 14 heavy (non-hydrogen) atoms. The first-order chi connectivity index (χ1) is 6.54. The van der Waals surface area contributed by atoms with Gasteiger partial charge in [0.05, 0.1) is 26.4 Å². The summed E-state index contributed by atoms with van der Waals surface area (Å²) in [6.07, 6.45) is -0.806. The third-order valence-corrected chi connectivity index (χ3v) is 0.774. The molecule has 0 aromatic heterocycles. The highest BCUT2D eigenvalue weighted by Crippen LogP contribution is 1.74. The minimum atomic E-state index is -1.31. The van der Waals surface area contributed by atoms with Crippen molar-refractivity contribution in [3.63, 3.8) is 0 Å². The Hall–Kier alpha value is -1.18. The molecular formula is C7H14O7. The second kappa shape index (κ2) is 11.8. The number of carboxylic acids is 2. The van der Waals surface area contributed by atoms with Crippen LogP contribution in [0.4, 0.5) is 0 Å². The summed E-state index contributed by atoms with van der Waals surface area (Å²) >= 11 is 0. The molecular weight excluding hydrogens is 196 g/mol. The quantitative estimate of drug-likeness (QED) is 0.311. The number of carboxylic acid groups (broad SMARTS) is 2. The summed E-state index contributed by atoms with van der Waals surface area (Å²) in [5, 5.41) is 31.6. The lowest BCUT2D eigenvalue weighted by Crippen LogP contribution is -2.03. The van der Waals surface area contributed by atoms with Crippen molar-refractivity contribution in [2.45, 2.75) is 6.42 Å². The molecule has 0 aromatic carbocycles. The Labute approximate surface area is 80.5 Å². The largest absolute Gasteiger partial charge is 0.481 e. The highest BCUT2D eigenvalue weighted by atomic mass is 16.5. The van der Waals surface area contributed by atoms with Crippen molar-refractivity contribution in [3.05, 3.63) is 0 Å². The van der Waals surface area contributed by atoms with Gasteiger partial charge < -0.3 is 25.2 Å². The molecule has 0 atom stereocenters. The zero-order valence-corrected chi connectivity index (χ0v) is 7.55. The second-order valence-electron chi connectivity index (χ2n) is 2.02. The lowest BCUT2D eigenvalue weighted by Gasteiger charge is -1.94. The van der Waals surface area contributed by atoms with E-state index in [-0.39, 0.29) is 13.2 Å². The maximum absolute atomic E-state index is 9.43. The first-order valence-corrected chi connectivity index (χ1v) is 3.77. The molecule has 0 aromatic rings. The van der Waals surface area contributed by atoms with Crippen LogP contribution >= 0.6 is 0 Å². The van der Waals surface area contributed by atoms with E-state index in [1.165, 1.54) is 0 Å². The second-order valence-corrected chi connectivity index (χ2v) is 2.02. The van der Waals surface area contributed by atoms with Gasteiger partial charge in [-0.25, -0.2) is 0 Å². The molecule has 0 saturated carbocycles. The first-order valence-electron chi connectivity index (χ1n) is 3.77. The zero-order valence-electron chi connectivity index (χ0n) is 7.55. The molecule has 84 valence electrons. The summed E-state index contributed by atoms with van der Waals surface area (Å²) < 4.78 is 4.63. The van der Waals surface area contributed by atoms with Gasteiger partial charge in [-0.3, -0.25) is 9.59 Å². The van der Waals surface area contributed by atoms with Crippen LogP contribution in [0.25, 0.3) is 0 Å². The minimum Gasteiger partial charge on any atom is -0.481 e. The molecule has 0 aliphatic heterocycles. The Balaban J connectivity index is 0. The fraction of sp³-hybridized carbons (Fsp3) is 0.714. The number of hydrogen-bond acceptors (Lipinski definition) is 5. The topological polar surface area (TPSA) is 124 Å². The van der Waals surface area contributed by atoms with Crippen LogP contribution in [0.2, 0.25) is 0 Å². The van der Waals surface area contributed by atoms with E-state index in [4.69, 9.17) is 20.4 Å². The van der Waals surface area contributed by atoms with E-state index in [1.54, 1.807) is 0 Å². The predicted molar refractivity (Wildman–Crippen MR) is 44.9 cm³/mol. The molecule has 0 fully saturated rings. The normalized spacial score (nSPS) is 8.71. The van der Waals surface area contributed by atoms with E-state index in [0.29, 0.717) is 13.2 Å². The molecule has 7 nitrogen and oxygen atoms in total. The summed E-state index contributed by atoms with van der Waals surface area (Å²) in [4.78, 5) is 18.9. The van der Waals surface area contributed by atoms with Crippen LogP contribution in [0.15, 0.2) is 0 Å². The summed E-state index contributed by atoms with van der Waals surface area (Å²) in [6, 6.07) is 0. The molecule has 0 bridgehead atoms. The third-order valence-electron chi connectivity index (χ3n) is 0.774. The van der Waals surface area contributed by atoms with Crippen molar-refractivity contribution in [3.8, 4) is 0 Å². The minimum absolute atomic E-state index is 0.0278. The summed E-state index contributed by atoms with van der Waals surface area (Å²) in [5.74, 6) is -2.62. The molecule has 0 unspecified atom stereocenters. The van der Waals surface area contributed by atoms with Gasteiger partial charge in [0.15, 0.2) is 0 Å². The number of hydrogen-bond donors (Lipinski definition) is 4. The summed E-state index contributed by atoms with van der Waals surface area (Å²) in [5.41, 5.74) is 0. The fourth-order valence-corrected chi connectivity index (χ4v) is 0.361. The molecule has 0 radical (unpaired) electrons. The third kappa shape index (κ3) is 22.4. The SMILES string of the molecule is O=C(O)CC(=O)O.OCCOCCO. The average Bonchev–Trinajstić information content (AvgIpc) is 2.04. The van der Waals surface area contributed by atoms with Crippen molar-refractivity contribution in [1.82, 2.24) is 0 Å². The van der Waals surface area contributed by atoms with Gasteiger partial charge in [0, 0.05) is 0 Å². The molecule has 0 saturated heterocycles. The molecule has 4 N–H and O–H groups in total. The van der Waals surface area contributed by atoms with Gasteiger partial charge in [0.2, 0.25) is 0 Å². The number of aliphatic hydroxyl groups excluding tert-OH is 2. The Kier molecular flexibility index (Phi) is 12.9. The number of aliphatic carboxylic acids is 2. The van der Waals surface area contributed by atoms with E-state index in [2.05, 4.69) is 4.74 Å². The Bertz CT molecular complexity index is 140. The Morgan fingerprint density at radius 2 is 1.29 bits per heavy atom. The lowest BCUT2D eigenvalue weighted by atomic mass is 10.5. The monoisotopic (exact) mass is 210 g/mol. The molecule has 7 heteroatoms. The van der Waals surface area contributed by atoms with Crippen molar-refractivity contribution < 1.29 is 34.8 Å². The fourth-order valence-electron chi connectivity index (χ4n) is 0.361. The highest BCUT2D eigenvalue weighted by molar-refractivity contribution is 5.88. The Morgan fingerprint density at radius 3 is 1.43 bits per heavy atom. The first kappa shape index (κ1) is 15.3. The molecule has 0 aliphatic rings. The lowest BCUT2D eigenvalue weighted by molar-refractivity contribution is -0.147. The predicted octanol–water partition coefficient (Wildman–Crippen LogP) is -1.47. The molecule has 0 amide bonds. The van der Waals surface area contributed by atoms with E-state index in [1.807, 2.05) is 0 Å². The number of rotatable bonds is 6. The van der Waals surface area contributed by atoms with Gasteiger partial charge >= 0.3 is 11.9 Å². The number of carbonyl (C=O) groups is 2. The zero-order chi connectivity index (χ0) is 11.4. The van der Waals surface area contributed by atoms with Gasteiger partial charge in [-0.05, 0) is 0 Å². The Morgan fingerprint density at radius 1 is 0.929 bits per heavy atom. The van der Waals surface area contributed by atoms with Gasteiger partial charge in [0.25, 0.3) is 0 Å². The van der Waals surface area contributed by atoms with E-state index < -0.39 is 18.4 Å². The van der Waals surface area contributed by atoms with Gasteiger partial charge in [-0.15, -0.1) is 0 Å². The van der Waals surface area contributed by atoms with Crippen molar-refractivity contribution in [2.24, 2.45) is 0 Å². The highest BCUT2D eigenvalue weighted by Gasteiger charge is 2.01. The van der Waals surface area contributed by atoms with E-state index in [0.717, 1.165) is 0 Å². The smallest absolute Gasteiger partial charge is 0.314 e. The van der Waals surface area contributed by atoms with Crippen LogP contribution in [-0.4, -0.2) is 58.8 Å². The summed E-state index contributed by atoms with van der Waals surface area (Å²) in [7, 11) is 0. The van der Waals surface area contributed by atoms with Crippen LogP contribution in [0.1, 0.15) is 6.42 Å². The van der Waals surface area contributed by atoms with Crippen LogP contribution < -0.4 is 0 Å². The van der Waals surface area contributed by atoms with Crippen LogP contribution in [0.5, 0.6) is 0 Å². The van der Waals surface area contributed by atoms with Crippen molar-refractivity contribution >= 4 is 11.9 Å². The van der Waals surface area contributed by atoms with E-state index >= 15 is 0 Å². The standard InChI is InChI=1S/C4H10O3.C3H4O4/c5-1-3-7-4-2-6;4-2(5)1-3(6)7/h5-6H,1-4H2;1H2,(H,4,5)(H,6,7). The maximum atomic E-state index is 9.43. The number of aliphatic hydroxyl groups is 2. The number of ether oxygens (including phenoxy) is 1. The molecule has 0 heterocycles. The van der Waals surface area contributed by atoms with Crippen molar-refractivity contribution in [1.29, 1.82) is 0 Å². The van der Waals surface area contributed by atoms with Crippen LogP contribution in [0, 0.1) is 0 Å². The van der Waals surface area contributed by atoms with Gasteiger partial charge in [-0.1, -0.05) is 0 Å².